The Hall–Kier alpha value is -1.34. The van der Waals surface area contributed by atoms with Crippen molar-refractivity contribution in [1.29, 1.82) is 0 Å². The van der Waals surface area contributed by atoms with Crippen LogP contribution in [0.2, 0.25) is 0 Å². The van der Waals surface area contributed by atoms with Crippen molar-refractivity contribution < 1.29 is 9.34 Å². The Morgan fingerprint density at radius 1 is 1.42 bits per heavy atom. The summed E-state index contributed by atoms with van der Waals surface area (Å²) in [5.74, 6) is 0.727. The van der Waals surface area contributed by atoms with Gasteiger partial charge in [-0.1, -0.05) is 6.07 Å². The monoisotopic (exact) mass is 388 g/mol. The number of rotatable bonds is 4. The topological polar surface area (TPSA) is 68.3 Å². The molecule has 0 aliphatic rings. The van der Waals surface area contributed by atoms with E-state index in [1.165, 1.54) is 6.07 Å². The molecule has 0 saturated carbocycles. The lowest BCUT2D eigenvalue weighted by atomic mass is 10.1. The van der Waals surface area contributed by atoms with Gasteiger partial charge in [-0.05, 0) is 50.9 Å². The third-order valence-electron chi connectivity index (χ3n) is 2.65. The minimum Gasteiger partial charge on any atom is -0.451 e. The van der Waals surface area contributed by atoms with Crippen LogP contribution in [0.3, 0.4) is 0 Å². The van der Waals surface area contributed by atoms with E-state index >= 15 is 0 Å². The standard InChI is InChI=1S/C12H10Br2N2O3/c1-7-10(3-2-4-11(7)16(17)18)15-6-8-5-9(13)12(14)19-8/h2-5,15H,6H2,1H3. The van der Waals surface area contributed by atoms with Crippen molar-refractivity contribution in [3.05, 3.63) is 54.8 Å². The van der Waals surface area contributed by atoms with Gasteiger partial charge in [0.2, 0.25) is 0 Å². The molecule has 0 unspecified atom stereocenters. The minimum absolute atomic E-state index is 0.104. The Labute approximate surface area is 126 Å². The Morgan fingerprint density at radius 3 is 2.74 bits per heavy atom. The SMILES string of the molecule is Cc1c(NCc2cc(Br)c(Br)o2)cccc1[N+](=O)[O-]. The van der Waals surface area contributed by atoms with Gasteiger partial charge in [0, 0.05) is 17.3 Å². The second-order valence-electron chi connectivity index (χ2n) is 3.89. The molecule has 2 aromatic rings. The van der Waals surface area contributed by atoms with E-state index in [4.69, 9.17) is 4.42 Å². The fourth-order valence-electron chi connectivity index (χ4n) is 1.67. The molecule has 2 rings (SSSR count). The molecule has 1 heterocycles. The summed E-state index contributed by atoms with van der Waals surface area (Å²) in [5.41, 5.74) is 1.43. The van der Waals surface area contributed by atoms with Crippen LogP contribution in [0.15, 0.2) is 37.8 Å². The summed E-state index contributed by atoms with van der Waals surface area (Å²) in [7, 11) is 0. The second kappa shape index (κ2) is 5.75. The first-order valence-electron chi connectivity index (χ1n) is 5.40. The summed E-state index contributed by atoms with van der Waals surface area (Å²) in [6.07, 6.45) is 0. The molecule has 7 heteroatoms. The van der Waals surface area contributed by atoms with Gasteiger partial charge in [0.25, 0.3) is 5.69 Å². The highest BCUT2D eigenvalue weighted by molar-refractivity contribution is 9.13. The molecule has 19 heavy (non-hydrogen) atoms. The van der Waals surface area contributed by atoms with Crippen LogP contribution in [0, 0.1) is 17.0 Å². The molecule has 0 aliphatic heterocycles. The zero-order valence-electron chi connectivity index (χ0n) is 9.94. The van der Waals surface area contributed by atoms with Gasteiger partial charge >= 0.3 is 0 Å². The maximum atomic E-state index is 10.8. The van der Waals surface area contributed by atoms with Crippen LogP contribution in [0.4, 0.5) is 11.4 Å². The molecule has 1 aromatic heterocycles. The number of anilines is 1. The summed E-state index contributed by atoms with van der Waals surface area (Å²) < 4.78 is 6.89. The van der Waals surface area contributed by atoms with Crippen molar-refractivity contribution in [3.8, 4) is 0 Å². The molecule has 0 saturated heterocycles. The average molecular weight is 390 g/mol. The average Bonchev–Trinajstić information content (AvgIpc) is 2.67. The van der Waals surface area contributed by atoms with Crippen molar-refractivity contribution in [2.75, 3.05) is 5.32 Å². The summed E-state index contributed by atoms with van der Waals surface area (Å²) in [5, 5.41) is 14.0. The lowest BCUT2D eigenvalue weighted by Gasteiger charge is -2.08. The lowest BCUT2D eigenvalue weighted by Crippen LogP contribution is -2.02. The molecule has 100 valence electrons. The summed E-state index contributed by atoms with van der Waals surface area (Å²) >= 11 is 6.59. The number of nitro groups is 1. The zero-order valence-corrected chi connectivity index (χ0v) is 13.1. The Kier molecular flexibility index (Phi) is 4.26. The van der Waals surface area contributed by atoms with E-state index in [-0.39, 0.29) is 10.6 Å². The lowest BCUT2D eigenvalue weighted by molar-refractivity contribution is -0.385. The molecule has 0 atom stereocenters. The van der Waals surface area contributed by atoms with E-state index in [2.05, 4.69) is 37.2 Å². The van der Waals surface area contributed by atoms with E-state index in [1.54, 1.807) is 19.1 Å². The predicted molar refractivity (Wildman–Crippen MR) is 79.3 cm³/mol. The first kappa shape index (κ1) is 14.1. The molecule has 0 aliphatic carbocycles. The van der Waals surface area contributed by atoms with Gasteiger partial charge in [-0.3, -0.25) is 10.1 Å². The summed E-state index contributed by atoms with van der Waals surface area (Å²) in [6, 6.07) is 6.78. The Morgan fingerprint density at radius 2 is 2.16 bits per heavy atom. The number of hydrogen-bond acceptors (Lipinski definition) is 4. The quantitative estimate of drug-likeness (QED) is 0.611. The van der Waals surface area contributed by atoms with Crippen molar-refractivity contribution in [3.63, 3.8) is 0 Å². The molecule has 0 fully saturated rings. The molecule has 1 N–H and O–H groups in total. The molecular weight excluding hydrogens is 380 g/mol. The van der Waals surface area contributed by atoms with Gasteiger partial charge in [-0.15, -0.1) is 0 Å². The van der Waals surface area contributed by atoms with Crippen molar-refractivity contribution >= 4 is 43.2 Å². The van der Waals surface area contributed by atoms with Gasteiger partial charge in [-0.2, -0.15) is 0 Å². The number of benzene rings is 1. The smallest absolute Gasteiger partial charge is 0.274 e. The first-order chi connectivity index (χ1) is 8.99. The van der Waals surface area contributed by atoms with Crippen molar-refractivity contribution in [2.24, 2.45) is 0 Å². The third-order valence-corrected chi connectivity index (χ3v) is 4.36. The first-order valence-corrected chi connectivity index (χ1v) is 6.99. The molecule has 0 spiro atoms. The van der Waals surface area contributed by atoms with Gasteiger partial charge in [0.15, 0.2) is 4.67 Å². The largest absolute Gasteiger partial charge is 0.451 e. The van der Waals surface area contributed by atoms with Crippen molar-refractivity contribution in [2.45, 2.75) is 13.5 Å². The summed E-state index contributed by atoms with van der Waals surface area (Å²) in [6.45, 7) is 2.17. The third kappa shape index (κ3) is 3.16. The van der Waals surface area contributed by atoms with Gasteiger partial charge < -0.3 is 9.73 Å². The summed E-state index contributed by atoms with van der Waals surface area (Å²) in [4.78, 5) is 10.5. The molecule has 0 bridgehead atoms. The normalized spacial score (nSPS) is 10.5. The fraction of sp³-hybridized carbons (Fsp3) is 0.167. The highest BCUT2D eigenvalue weighted by Gasteiger charge is 2.13. The molecule has 0 amide bonds. The Bertz CT molecular complexity index is 606. The van der Waals surface area contributed by atoms with Crippen LogP contribution in [0.1, 0.15) is 11.3 Å². The second-order valence-corrected chi connectivity index (χ2v) is 5.47. The fourth-order valence-corrected chi connectivity index (χ4v) is 2.33. The number of nitrogens with one attached hydrogen (secondary N) is 1. The van der Waals surface area contributed by atoms with Crippen LogP contribution < -0.4 is 5.32 Å². The van der Waals surface area contributed by atoms with Crippen LogP contribution in [0.5, 0.6) is 0 Å². The van der Waals surface area contributed by atoms with Crippen LogP contribution in [-0.4, -0.2) is 4.92 Å². The van der Waals surface area contributed by atoms with E-state index in [9.17, 15) is 10.1 Å². The van der Waals surface area contributed by atoms with Crippen LogP contribution in [0.25, 0.3) is 0 Å². The van der Waals surface area contributed by atoms with Gasteiger partial charge in [-0.25, -0.2) is 0 Å². The number of hydrogen-bond donors (Lipinski definition) is 1. The van der Waals surface area contributed by atoms with Gasteiger partial charge in [0.1, 0.15) is 5.76 Å². The number of nitro benzene ring substituents is 1. The molecule has 0 radical (unpaired) electrons. The predicted octanol–water partition coefficient (Wildman–Crippen LogP) is 4.63. The number of nitrogens with zero attached hydrogens (tertiary/aromatic N) is 1. The van der Waals surface area contributed by atoms with E-state index in [0.717, 1.165) is 15.9 Å². The number of halogens is 2. The zero-order chi connectivity index (χ0) is 14.0. The van der Waals surface area contributed by atoms with Crippen LogP contribution >= 0.6 is 31.9 Å². The number of furan rings is 1. The molecule has 5 nitrogen and oxygen atoms in total. The van der Waals surface area contributed by atoms with Crippen molar-refractivity contribution in [1.82, 2.24) is 0 Å². The van der Waals surface area contributed by atoms with Crippen LogP contribution in [-0.2, 0) is 6.54 Å². The Balaban J connectivity index is 2.16. The maximum Gasteiger partial charge on any atom is 0.274 e. The van der Waals surface area contributed by atoms with Gasteiger partial charge in [0.05, 0.1) is 15.9 Å². The maximum absolute atomic E-state index is 10.8. The van der Waals surface area contributed by atoms with E-state index in [0.29, 0.717) is 16.8 Å². The van der Waals surface area contributed by atoms with E-state index < -0.39 is 0 Å². The highest BCUT2D eigenvalue weighted by Crippen LogP contribution is 2.28. The highest BCUT2D eigenvalue weighted by atomic mass is 79.9. The van der Waals surface area contributed by atoms with E-state index in [1.807, 2.05) is 6.07 Å². The minimum atomic E-state index is -0.388. The molecular formula is C12H10Br2N2O3. The molecule has 1 aromatic carbocycles.